The van der Waals surface area contributed by atoms with Crippen LogP contribution in [0.4, 0.5) is 0 Å². The molecule has 2 aliphatic heterocycles. The Labute approximate surface area is 126 Å². The molecule has 21 heavy (non-hydrogen) atoms. The lowest BCUT2D eigenvalue weighted by Gasteiger charge is -2.18. The summed E-state index contributed by atoms with van der Waals surface area (Å²) in [6, 6.07) is 7.30. The Balaban J connectivity index is 1.75. The average Bonchev–Trinajstić information content (AvgIpc) is 3.01. The quantitative estimate of drug-likeness (QED) is 0.749. The minimum absolute atomic E-state index is 0.321. The van der Waals surface area contributed by atoms with E-state index in [4.69, 9.17) is 11.6 Å². The van der Waals surface area contributed by atoms with E-state index in [2.05, 4.69) is 15.1 Å². The van der Waals surface area contributed by atoms with Crippen LogP contribution in [0.5, 0.6) is 0 Å². The molecule has 0 unspecified atom stereocenters. The van der Waals surface area contributed by atoms with E-state index in [0.717, 1.165) is 36.2 Å². The van der Waals surface area contributed by atoms with Crippen molar-refractivity contribution >= 4 is 41.0 Å². The molecule has 5 nitrogen and oxygen atoms in total. The Morgan fingerprint density at radius 3 is 2.90 bits per heavy atom. The van der Waals surface area contributed by atoms with Crippen molar-refractivity contribution in [1.29, 1.82) is 0 Å². The van der Waals surface area contributed by atoms with Gasteiger partial charge in [0.1, 0.15) is 5.70 Å². The number of hydrogen-bond acceptors (Lipinski definition) is 4. The second-order valence-electron chi connectivity index (χ2n) is 5.07. The van der Waals surface area contributed by atoms with Crippen LogP contribution in [0, 0.1) is 0 Å². The molecular formula is C15H11ClN4O. The van der Waals surface area contributed by atoms with Gasteiger partial charge < -0.3 is 0 Å². The van der Waals surface area contributed by atoms with E-state index in [9.17, 15) is 4.79 Å². The van der Waals surface area contributed by atoms with Crippen LogP contribution in [0.15, 0.2) is 45.0 Å². The summed E-state index contributed by atoms with van der Waals surface area (Å²) >= 11 is 5.97. The molecule has 1 saturated carbocycles. The van der Waals surface area contributed by atoms with Gasteiger partial charge in [0.25, 0.3) is 11.9 Å². The monoisotopic (exact) mass is 298 g/mol. The number of carbonyl (C=O) groups excluding carboxylic acids is 1. The SMILES string of the molecule is O=C1N=C2N=C3CCCC3=NN2C1=Cc1cccc(Cl)c1. The highest BCUT2D eigenvalue weighted by Crippen LogP contribution is 2.27. The van der Waals surface area contributed by atoms with Gasteiger partial charge in [-0.05, 0) is 43.0 Å². The topological polar surface area (TPSA) is 57.4 Å². The Kier molecular flexibility index (Phi) is 2.75. The van der Waals surface area contributed by atoms with Gasteiger partial charge in [0.15, 0.2) is 0 Å². The summed E-state index contributed by atoms with van der Waals surface area (Å²) in [6.07, 6.45) is 4.61. The predicted octanol–water partition coefficient (Wildman–Crippen LogP) is 2.87. The van der Waals surface area contributed by atoms with E-state index < -0.39 is 0 Å². The Hall–Kier alpha value is -2.27. The van der Waals surface area contributed by atoms with Gasteiger partial charge in [0, 0.05) is 5.02 Å². The van der Waals surface area contributed by atoms with Gasteiger partial charge in [-0.3, -0.25) is 4.79 Å². The number of halogens is 1. The number of nitrogens with zero attached hydrogens (tertiary/aromatic N) is 4. The van der Waals surface area contributed by atoms with Crippen LogP contribution in [-0.2, 0) is 4.79 Å². The molecule has 3 aliphatic rings. The fourth-order valence-electron chi connectivity index (χ4n) is 2.62. The third-order valence-electron chi connectivity index (χ3n) is 3.61. The maximum absolute atomic E-state index is 12.1. The van der Waals surface area contributed by atoms with Crippen LogP contribution in [-0.4, -0.2) is 28.3 Å². The van der Waals surface area contributed by atoms with E-state index in [1.54, 1.807) is 18.2 Å². The molecule has 6 heteroatoms. The van der Waals surface area contributed by atoms with E-state index in [0.29, 0.717) is 16.7 Å². The van der Waals surface area contributed by atoms with Crippen LogP contribution >= 0.6 is 11.6 Å². The summed E-state index contributed by atoms with van der Waals surface area (Å²) in [4.78, 5) is 20.5. The number of guanidine groups is 1. The zero-order valence-electron chi connectivity index (χ0n) is 11.1. The summed E-state index contributed by atoms with van der Waals surface area (Å²) in [7, 11) is 0. The molecule has 1 aromatic rings. The predicted molar refractivity (Wildman–Crippen MR) is 82.4 cm³/mol. The first-order valence-electron chi connectivity index (χ1n) is 6.76. The molecule has 0 aromatic heterocycles. The van der Waals surface area contributed by atoms with Crippen LogP contribution in [0.3, 0.4) is 0 Å². The number of aliphatic imine (C=N–C) groups is 2. The maximum atomic E-state index is 12.1. The zero-order valence-corrected chi connectivity index (χ0v) is 11.8. The van der Waals surface area contributed by atoms with Gasteiger partial charge in [0.2, 0.25) is 0 Å². The minimum Gasteiger partial charge on any atom is -0.265 e. The Bertz CT molecular complexity index is 776. The van der Waals surface area contributed by atoms with E-state index >= 15 is 0 Å². The second kappa shape index (κ2) is 4.63. The second-order valence-corrected chi connectivity index (χ2v) is 5.51. The molecule has 1 aliphatic carbocycles. The molecule has 0 radical (unpaired) electrons. The third-order valence-corrected chi connectivity index (χ3v) is 3.84. The molecule has 0 N–H and O–H groups in total. The lowest BCUT2D eigenvalue weighted by Crippen LogP contribution is -2.28. The van der Waals surface area contributed by atoms with Crippen molar-refractivity contribution in [3.05, 3.63) is 40.5 Å². The van der Waals surface area contributed by atoms with Gasteiger partial charge in [-0.15, -0.1) is 0 Å². The molecule has 104 valence electrons. The molecule has 1 aromatic carbocycles. The highest BCUT2D eigenvalue weighted by Gasteiger charge is 2.35. The van der Waals surface area contributed by atoms with Crippen molar-refractivity contribution < 1.29 is 4.79 Å². The number of benzene rings is 1. The smallest absolute Gasteiger partial charge is 0.265 e. The summed E-state index contributed by atoms with van der Waals surface area (Å²) in [5.41, 5.74) is 3.17. The van der Waals surface area contributed by atoms with Gasteiger partial charge in [-0.2, -0.15) is 15.1 Å². The fourth-order valence-corrected chi connectivity index (χ4v) is 2.82. The Morgan fingerprint density at radius 1 is 1.19 bits per heavy atom. The number of amides is 1. The number of fused-ring (bicyclic) bond motifs is 2. The van der Waals surface area contributed by atoms with Crippen molar-refractivity contribution in [2.24, 2.45) is 15.1 Å². The first-order chi connectivity index (χ1) is 10.2. The normalized spacial score (nSPS) is 22.0. The fraction of sp³-hybridized carbons (Fsp3) is 0.200. The first kappa shape index (κ1) is 12.5. The molecule has 0 saturated heterocycles. The largest absolute Gasteiger partial charge is 0.299 e. The molecule has 1 fully saturated rings. The number of carbonyl (C=O) groups is 1. The standard InChI is InChI=1S/C15H11ClN4O/c16-10-4-1-3-9(7-10)8-13-14(21)18-15-17-11-5-2-6-12(11)19-20(13)15/h1,3-4,7-8H,2,5-6H2. The van der Waals surface area contributed by atoms with Gasteiger partial charge >= 0.3 is 0 Å². The van der Waals surface area contributed by atoms with Gasteiger partial charge in [-0.1, -0.05) is 23.7 Å². The summed E-state index contributed by atoms with van der Waals surface area (Å²) in [5.74, 6) is 0.0487. The van der Waals surface area contributed by atoms with Crippen LogP contribution in [0.1, 0.15) is 24.8 Å². The molecule has 0 atom stereocenters. The summed E-state index contributed by atoms with van der Waals surface area (Å²) < 4.78 is 0. The average molecular weight is 299 g/mol. The third kappa shape index (κ3) is 2.10. The molecular weight excluding hydrogens is 288 g/mol. The number of hydrogen-bond donors (Lipinski definition) is 0. The highest BCUT2D eigenvalue weighted by molar-refractivity contribution is 6.46. The van der Waals surface area contributed by atoms with Gasteiger partial charge in [0.05, 0.1) is 11.4 Å². The maximum Gasteiger partial charge on any atom is 0.299 e. The van der Waals surface area contributed by atoms with Gasteiger partial charge in [-0.25, -0.2) is 4.99 Å². The molecule has 0 spiro atoms. The summed E-state index contributed by atoms with van der Waals surface area (Å²) in [6.45, 7) is 0. The van der Waals surface area contributed by atoms with Crippen LogP contribution in [0.2, 0.25) is 5.02 Å². The minimum atomic E-state index is -0.321. The molecule has 0 bridgehead atoms. The highest BCUT2D eigenvalue weighted by atomic mass is 35.5. The van der Waals surface area contributed by atoms with Crippen molar-refractivity contribution in [2.45, 2.75) is 19.3 Å². The number of hydrazone groups is 1. The van der Waals surface area contributed by atoms with Crippen LogP contribution in [0.25, 0.3) is 6.08 Å². The van der Waals surface area contributed by atoms with Crippen molar-refractivity contribution in [1.82, 2.24) is 5.01 Å². The lowest BCUT2D eigenvalue weighted by molar-refractivity contribution is -0.114. The molecule has 2 heterocycles. The van der Waals surface area contributed by atoms with E-state index in [-0.39, 0.29) is 5.91 Å². The Morgan fingerprint density at radius 2 is 2.05 bits per heavy atom. The van der Waals surface area contributed by atoms with Crippen LogP contribution < -0.4 is 0 Å². The van der Waals surface area contributed by atoms with Crippen molar-refractivity contribution in [3.63, 3.8) is 0 Å². The zero-order chi connectivity index (χ0) is 14.4. The molecule has 1 amide bonds. The summed E-state index contributed by atoms with van der Waals surface area (Å²) in [5, 5.41) is 6.68. The van der Waals surface area contributed by atoms with E-state index in [1.807, 2.05) is 12.1 Å². The first-order valence-corrected chi connectivity index (χ1v) is 7.14. The van der Waals surface area contributed by atoms with Crippen molar-refractivity contribution in [2.75, 3.05) is 0 Å². The van der Waals surface area contributed by atoms with E-state index in [1.165, 1.54) is 5.01 Å². The molecule has 4 rings (SSSR count). The van der Waals surface area contributed by atoms with Crippen molar-refractivity contribution in [3.8, 4) is 0 Å². The lowest BCUT2D eigenvalue weighted by atomic mass is 10.2. The number of rotatable bonds is 1.